The molecule has 6 heteroatoms. The van der Waals surface area contributed by atoms with Gasteiger partial charge in [-0.05, 0) is 65.4 Å². The number of Topliss-reactive ketones (excluding diaryl/α,β-unsaturated/α-hetero) is 2. The average molecular weight is 473 g/mol. The van der Waals surface area contributed by atoms with Crippen LogP contribution in [-0.4, -0.2) is 45.9 Å². The Morgan fingerprint density at radius 2 is 1.88 bits per heavy atom. The number of hydrogen-bond donors (Lipinski definition) is 1. The fraction of sp³-hybridized carbons (Fsp3) is 0.750. The molecule has 7 atom stereocenters. The van der Waals surface area contributed by atoms with E-state index in [1.807, 2.05) is 13.8 Å². The number of ether oxygens (including phenoxy) is 2. The van der Waals surface area contributed by atoms with Gasteiger partial charge in [0.25, 0.3) is 0 Å². The molecule has 0 aromatic carbocycles. The molecule has 0 aromatic heterocycles. The van der Waals surface area contributed by atoms with Gasteiger partial charge in [0.1, 0.15) is 11.4 Å². The second-order valence-electron chi connectivity index (χ2n) is 12.1. The quantitative estimate of drug-likeness (QED) is 0.593. The Morgan fingerprint density at radius 1 is 1.21 bits per heavy atom. The van der Waals surface area contributed by atoms with E-state index in [-0.39, 0.29) is 58.1 Å². The molecule has 0 amide bonds. The second kappa shape index (κ2) is 8.41. The minimum Gasteiger partial charge on any atom is -0.483 e. The lowest BCUT2D eigenvalue weighted by atomic mass is 9.53. The molecule has 0 aromatic rings. The number of rotatable bonds is 5. The second-order valence-corrected chi connectivity index (χ2v) is 12.1. The van der Waals surface area contributed by atoms with Gasteiger partial charge in [0.05, 0.1) is 17.8 Å². The predicted octanol–water partition coefficient (Wildman–Crippen LogP) is 4.48. The van der Waals surface area contributed by atoms with E-state index in [2.05, 4.69) is 13.8 Å². The molecule has 2 heterocycles. The zero-order valence-corrected chi connectivity index (χ0v) is 21.7. The predicted molar refractivity (Wildman–Crippen MR) is 128 cm³/mol. The van der Waals surface area contributed by atoms with Gasteiger partial charge < -0.3 is 14.6 Å². The first-order chi connectivity index (χ1) is 15.7. The van der Waals surface area contributed by atoms with Gasteiger partial charge >= 0.3 is 0 Å². The molecular formula is C28H40O6. The van der Waals surface area contributed by atoms with Gasteiger partial charge in [-0.1, -0.05) is 27.7 Å². The van der Waals surface area contributed by atoms with Gasteiger partial charge in [-0.15, -0.1) is 0 Å². The van der Waals surface area contributed by atoms with Gasteiger partial charge in [0.2, 0.25) is 5.78 Å². The first-order valence-electron chi connectivity index (χ1n) is 12.9. The van der Waals surface area contributed by atoms with Crippen LogP contribution in [0, 0.1) is 23.2 Å². The van der Waals surface area contributed by atoms with Crippen LogP contribution in [0.15, 0.2) is 23.0 Å². The van der Waals surface area contributed by atoms with Gasteiger partial charge in [0, 0.05) is 34.3 Å². The molecule has 34 heavy (non-hydrogen) atoms. The highest BCUT2D eigenvalue weighted by atomic mass is 16.5. The molecular weight excluding hydrogens is 432 g/mol. The molecule has 0 spiro atoms. The van der Waals surface area contributed by atoms with E-state index in [0.29, 0.717) is 24.8 Å². The number of hydrogen-bond acceptors (Lipinski definition) is 6. The lowest BCUT2D eigenvalue weighted by molar-refractivity contribution is -0.245. The van der Waals surface area contributed by atoms with Gasteiger partial charge in [-0.3, -0.25) is 14.4 Å². The molecule has 188 valence electrons. The molecule has 0 radical (unpaired) electrons. The number of carbonyl (C=O) groups is 3. The Labute approximate surface area is 203 Å². The van der Waals surface area contributed by atoms with Crippen molar-refractivity contribution in [3.8, 4) is 0 Å². The number of ketones is 3. The van der Waals surface area contributed by atoms with E-state index >= 15 is 0 Å². The maximum absolute atomic E-state index is 13.5. The third kappa shape index (κ3) is 3.91. The largest absolute Gasteiger partial charge is 0.483 e. The summed E-state index contributed by atoms with van der Waals surface area (Å²) in [6.45, 7) is 13.4. The summed E-state index contributed by atoms with van der Waals surface area (Å²) >= 11 is 0. The molecule has 4 rings (SSSR count). The van der Waals surface area contributed by atoms with E-state index < -0.39 is 17.1 Å². The van der Waals surface area contributed by atoms with Crippen LogP contribution in [0.2, 0.25) is 0 Å². The van der Waals surface area contributed by atoms with Crippen LogP contribution in [0.5, 0.6) is 0 Å². The SMILES string of the molecule is CC[C@H](C)C(=O)[C@@H](C)C1=CC(=O)C2=C(O[C@]3(C)CC[C@H]4O[C@@H](C(C)(C)O)CC[C@]4(C)C3C2)C1=O. The summed E-state index contributed by atoms with van der Waals surface area (Å²) in [6, 6.07) is 0. The monoisotopic (exact) mass is 472 g/mol. The first kappa shape index (κ1) is 25.3. The minimum absolute atomic E-state index is 0.0196. The lowest BCUT2D eigenvalue weighted by Crippen LogP contribution is -2.62. The zero-order chi connectivity index (χ0) is 25.2. The number of allylic oxidation sites excluding steroid dienone is 3. The van der Waals surface area contributed by atoms with E-state index in [0.717, 1.165) is 19.3 Å². The summed E-state index contributed by atoms with van der Waals surface area (Å²) in [7, 11) is 0. The highest BCUT2D eigenvalue weighted by molar-refractivity contribution is 6.23. The van der Waals surface area contributed by atoms with Crippen LogP contribution in [0.1, 0.15) is 87.0 Å². The molecule has 2 aliphatic heterocycles. The number of aliphatic hydroxyl groups is 1. The zero-order valence-electron chi connectivity index (χ0n) is 21.7. The molecule has 2 fully saturated rings. The molecule has 2 aliphatic carbocycles. The smallest absolute Gasteiger partial charge is 0.224 e. The van der Waals surface area contributed by atoms with Gasteiger partial charge in [-0.2, -0.15) is 0 Å². The Morgan fingerprint density at radius 3 is 2.50 bits per heavy atom. The molecule has 1 N–H and O–H groups in total. The van der Waals surface area contributed by atoms with E-state index in [1.165, 1.54) is 6.08 Å². The normalized spacial score (nSPS) is 37.6. The van der Waals surface area contributed by atoms with Crippen molar-refractivity contribution in [2.75, 3.05) is 0 Å². The first-order valence-corrected chi connectivity index (χ1v) is 12.9. The molecule has 1 saturated carbocycles. The van der Waals surface area contributed by atoms with E-state index in [1.54, 1.807) is 20.8 Å². The Kier molecular flexibility index (Phi) is 6.26. The van der Waals surface area contributed by atoms with E-state index in [4.69, 9.17) is 9.47 Å². The van der Waals surface area contributed by atoms with Crippen molar-refractivity contribution in [2.45, 2.75) is 110 Å². The van der Waals surface area contributed by atoms with Crippen LogP contribution in [0.3, 0.4) is 0 Å². The molecule has 6 nitrogen and oxygen atoms in total. The molecule has 1 saturated heterocycles. The van der Waals surface area contributed by atoms with Crippen LogP contribution >= 0.6 is 0 Å². The van der Waals surface area contributed by atoms with Crippen LogP contribution in [-0.2, 0) is 23.9 Å². The number of fused-ring (bicyclic) bond motifs is 3. The van der Waals surface area contributed by atoms with Crippen molar-refractivity contribution >= 4 is 17.3 Å². The van der Waals surface area contributed by atoms with Crippen LogP contribution < -0.4 is 0 Å². The highest BCUT2D eigenvalue weighted by Gasteiger charge is 2.61. The van der Waals surface area contributed by atoms with Crippen LogP contribution in [0.4, 0.5) is 0 Å². The van der Waals surface area contributed by atoms with Crippen molar-refractivity contribution in [3.05, 3.63) is 23.0 Å². The topological polar surface area (TPSA) is 89.9 Å². The lowest BCUT2D eigenvalue weighted by Gasteiger charge is -2.60. The summed E-state index contributed by atoms with van der Waals surface area (Å²) in [5.74, 6) is -1.18. The molecule has 0 bridgehead atoms. The standard InChI is InChI=1S/C28H40O6/c1-8-15(2)23(30)16(3)17-13-19(29)18-14-20-27(6)11-9-21(26(4,5)32)33-22(27)10-12-28(20,7)34-25(18)24(17)31/h13,15-16,20-22,32H,8-12,14H2,1-7H3/t15-,16-,20?,21+,22+,27+,28+/m0/s1. The summed E-state index contributed by atoms with van der Waals surface area (Å²) < 4.78 is 12.9. The van der Waals surface area contributed by atoms with Crippen molar-refractivity contribution in [1.29, 1.82) is 0 Å². The fourth-order valence-corrected chi connectivity index (χ4v) is 6.72. The van der Waals surface area contributed by atoms with Crippen molar-refractivity contribution in [1.82, 2.24) is 0 Å². The Balaban J connectivity index is 1.62. The summed E-state index contributed by atoms with van der Waals surface area (Å²) in [4.78, 5) is 39.5. The van der Waals surface area contributed by atoms with Crippen molar-refractivity contribution < 1.29 is 29.0 Å². The third-order valence-electron chi connectivity index (χ3n) is 9.29. The van der Waals surface area contributed by atoms with Crippen molar-refractivity contribution in [3.63, 3.8) is 0 Å². The molecule has 4 aliphatic rings. The fourth-order valence-electron chi connectivity index (χ4n) is 6.72. The average Bonchev–Trinajstić information content (AvgIpc) is 2.77. The highest BCUT2D eigenvalue weighted by Crippen LogP contribution is 2.59. The van der Waals surface area contributed by atoms with Gasteiger partial charge in [0.15, 0.2) is 11.5 Å². The maximum Gasteiger partial charge on any atom is 0.224 e. The summed E-state index contributed by atoms with van der Waals surface area (Å²) in [6.07, 6.45) is 5.36. The maximum atomic E-state index is 13.5. The third-order valence-corrected chi connectivity index (χ3v) is 9.29. The summed E-state index contributed by atoms with van der Waals surface area (Å²) in [5, 5.41) is 10.5. The molecule has 1 unspecified atom stereocenters. The van der Waals surface area contributed by atoms with Gasteiger partial charge in [-0.25, -0.2) is 0 Å². The van der Waals surface area contributed by atoms with E-state index in [9.17, 15) is 19.5 Å². The minimum atomic E-state index is -0.906. The van der Waals surface area contributed by atoms with Crippen LogP contribution in [0.25, 0.3) is 0 Å². The Bertz CT molecular complexity index is 968. The summed E-state index contributed by atoms with van der Waals surface area (Å²) in [5.41, 5.74) is -1.02. The van der Waals surface area contributed by atoms with Crippen molar-refractivity contribution in [2.24, 2.45) is 23.2 Å². The Hall–Kier alpha value is -1.79. The number of carbonyl (C=O) groups excluding carboxylic acids is 3.